The summed E-state index contributed by atoms with van der Waals surface area (Å²) in [5.74, 6) is -1.20. The van der Waals surface area contributed by atoms with Gasteiger partial charge in [-0.05, 0) is 42.8 Å². The van der Waals surface area contributed by atoms with Crippen LogP contribution in [0.1, 0.15) is 5.56 Å². The molecule has 0 spiro atoms. The first-order chi connectivity index (χ1) is 9.83. The Hall–Kier alpha value is -2.15. The van der Waals surface area contributed by atoms with Crippen LogP contribution in [0.4, 0.5) is 14.5 Å². The van der Waals surface area contributed by atoms with Gasteiger partial charge in [-0.25, -0.2) is 17.2 Å². The standard InChI is InChI=1S/C14H13F2NO3S/c1-9-7-10(15)3-6-14(9)21(18,19)17-11-4-5-13(20-2)12(16)8-11/h3-8,17H,1-2H3. The molecule has 1 N–H and O–H groups in total. The van der Waals surface area contributed by atoms with E-state index in [1.54, 1.807) is 0 Å². The number of hydrogen-bond donors (Lipinski definition) is 1. The molecular weight excluding hydrogens is 300 g/mol. The van der Waals surface area contributed by atoms with Gasteiger partial charge in [0.2, 0.25) is 0 Å². The number of rotatable bonds is 4. The fourth-order valence-electron chi connectivity index (χ4n) is 1.85. The maximum Gasteiger partial charge on any atom is 0.262 e. The first-order valence-corrected chi connectivity index (χ1v) is 7.44. The normalized spacial score (nSPS) is 11.2. The zero-order valence-corrected chi connectivity index (χ0v) is 12.2. The fourth-order valence-corrected chi connectivity index (χ4v) is 3.13. The van der Waals surface area contributed by atoms with Gasteiger partial charge in [0.05, 0.1) is 17.7 Å². The average Bonchev–Trinajstić information content (AvgIpc) is 2.37. The van der Waals surface area contributed by atoms with Crippen LogP contribution in [-0.2, 0) is 10.0 Å². The van der Waals surface area contributed by atoms with E-state index in [4.69, 9.17) is 4.74 Å². The lowest BCUT2D eigenvalue weighted by atomic mass is 10.2. The Balaban J connectivity index is 2.35. The number of hydrogen-bond acceptors (Lipinski definition) is 3. The van der Waals surface area contributed by atoms with E-state index in [0.29, 0.717) is 0 Å². The summed E-state index contributed by atoms with van der Waals surface area (Å²) in [5.41, 5.74) is 0.313. The van der Waals surface area contributed by atoms with E-state index in [9.17, 15) is 17.2 Å². The SMILES string of the molecule is COc1ccc(NS(=O)(=O)c2ccc(F)cc2C)cc1F. The molecule has 2 rings (SSSR count). The van der Waals surface area contributed by atoms with Crippen molar-refractivity contribution in [3.05, 3.63) is 53.6 Å². The minimum Gasteiger partial charge on any atom is -0.494 e. The minimum absolute atomic E-state index is 0.0101. The van der Waals surface area contributed by atoms with E-state index in [1.165, 1.54) is 26.2 Å². The number of benzene rings is 2. The second-order valence-corrected chi connectivity index (χ2v) is 6.02. The molecule has 0 aliphatic carbocycles. The van der Waals surface area contributed by atoms with Gasteiger partial charge in [-0.3, -0.25) is 4.72 Å². The molecule has 0 bridgehead atoms. The summed E-state index contributed by atoms with van der Waals surface area (Å²) >= 11 is 0. The molecule has 0 saturated carbocycles. The molecule has 0 aliphatic heterocycles. The van der Waals surface area contributed by atoms with Crippen LogP contribution in [-0.4, -0.2) is 15.5 Å². The first kappa shape index (κ1) is 15.2. The summed E-state index contributed by atoms with van der Waals surface area (Å²) < 4.78 is 58.0. The summed E-state index contributed by atoms with van der Waals surface area (Å²) in [6.07, 6.45) is 0. The van der Waals surface area contributed by atoms with Crippen molar-refractivity contribution in [2.45, 2.75) is 11.8 Å². The molecular formula is C14H13F2NO3S. The van der Waals surface area contributed by atoms with Gasteiger partial charge >= 0.3 is 0 Å². The molecule has 21 heavy (non-hydrogen) atoms. The highest BCUT2D eigenvalue weighted by atomic mass is 32.2. The van der Waals surface area contributed by atoms with Gasteiger partial charge < -0.3 is 4.74 Å². The van der Waals surface area contributed by atoms with Gasteiger partial charge in [0.25, 0.3) is 10.0 Å². The predicted octanol–water partition coefficient (Wildman–Crippen LogP) is 3.08. The molecule has 0 atom stereocenters. The van der Waals surface area contributed by atoms with Gasteiger partial charge in [0.15, 0.2) is 11.6 Å². The van der Waals surface area contributed by atoms with Crippen LogP contribution in [0.25, 0.3) is 0 Å². The lowest BCUT2D eigenvalue weighted by Crippen LogP contribution is -2.14. The van der Waals surface area contributed by atoms with Crippen molar-refractivity contribution in [1.82, 2.24) is 0 Å². The van der Waals surface area contributed by atoms with E-state index < -0.39 is 21.7 Å². The highest BCUT2D eigenvalue weighted by Crippen LogP contribution is 2.24. The molecule has 0 aromatic heterocycles. The molecule has 112 valence electrons. The zero-order valence-electron chi connectivity index (χ0n) is 11.4. The molecule has 0 aliphatic rings. The summed E-state index contributed by atoms with van der Waals surface area (Å²) in [6, 6.07) is 7.02. The van der Waals surface area contributed by atoms with Gasteiger partial charge in [-0.2, -0.15) is 0 Å². The molecule has 2 aromatic rings. The van der Waals surface area contributed by atoms with Gasteiger partial charge in [0.1, 0.15) is 5.82 Å². The summed E-state index contributed by atoms with van der Waals surface area (Å²) in [4.78, 5) is -0.0693. The molecule has 7 heteroatoms. The lowest BCUT2D eigenvalue weighted by Gasteiger charge is -2.11. The Morgan fingerprint density at radius 1 is 1.10 bits per heavy atom. The predicted molar refractivity (Wildman–Crippen MR) is 74.9 cm³/mol. The number of anilines is 1. The maximum absolute atomic E-state index is 13.6. The Morgan fingerprint density at radius 3 is 2.38 bits per heavy atom. The van der Waals surface area contributed by atoms with Gasteiger partial charge in [-0.1, -0.05) is 0 Å². The Labute approximate surface area is 121 Å². The number of aryl methyl sites for hydroxylation is 1. The number of sulfonamides is 1. The Kier molecular flexibility index (Phi) is 4.13. The van der Waals surface area contributed by atoms with E-state index >= 15 is 0 Å². The van der Waals surface area contributed by atoms with Crippen LogP contribution in [0, 0.1) is 18.6 Å². The second kappa shape index (κ2) is 5.69. The van der Waals surface area contributed by atoms with Crippen LogP contribution in [0.3, 0.4) is 0 Å². The maximum atomic E-state index is 13.6. The number of nitrogens with one attached hydrogen (secondary N) is 1. The van der Waals surface area contributed by atoms with Crippen molar-refractivity contribution in [3.63, 3.8) is 0 Å². The first-order valence-electron chi connectivity index (χ1n) is 5.96. The molecule has 0 unspecified atom stereocenters. The molecule has 0 amide bonds. The smallest absolute Gasteiger partial charge is 0.262 e. The molecule has 0 radical (unpaired) electrons. The van der Waals surface area contributed by atoms with Crippen molar-refractivity contribution >= 4 is 15.7 Å². The van der Waals surface area contributed by atoms with Crippen molar-refractivity contribution in [2.24, 2.45) is 0 Å². The van der Waals surface area contributed by atoms with Crippen LogP contribution in [0.2, 0.25) is 0 Å². The van der Waals surface area contributed by atoms with Gasteiger partial charge in [0, 0.05) is 6.07 Å². The van der Waals surface area contributed by atoms with Crippen LogP contribution >= 0.6 is 0 Å². The molecule has 4 nitrogen and oxygen atoms in total. The molecule has 2 aromatic carbocycles. The van der Waals surface area contributed by atoms with Crippen LogP contribution < -0.4 is 9.46 Å². The molecule has 0 saturated heterocycles. The molecule has 0 heterocycles. The van der Waals surface area contributed by atoms with E-state index in [-0.39, 0.29) is 21.9 Å². The third-order valence-corrected chi connectivity index (χ3v) is 4.37. The third kappa shape index (κ3) is 3.30. The van der Waals surface area contributed by atoms with E-state index in [0.717, 1.165) is 24.3 Å². The number of halogens is 2. The highest BCUT2D eigenvalue weighted by molar-refractivity contribution is 7.92. The third-order valence-electron chi connectivity index (χ3n) is 2.83. The van der Waals surface area contributed by atoms with Gasteiger partial charge in [-0.15, -0.1) is 0 Å². The number of methoxy groups -OCH3 is 1. The largest absolute Gasteiger partial charge is 0.494 e. The van der Waals surface area contributed by atoms with Crippen LogP contribution in [0.5, 0.6) is 5.75 Å². The quantitative estimate of drug-likeness (QED) is 0.944. The summed E-state index contributed by atoms with van der Waals surface area (Å²) in [5, 5.41) is 0. The second-order valence-electron chi connectivity index (χ2n) is 4.36. The fraction of sp³-hybridized carbons (Fsp3) is 0.143. The zero-order chi connectivity index (χ0) is 15.6. The van der Waals surface area contributed by atoms with Crippen molar-refractivity contribution in [3.8, 4) is 5.75 Å². The average molecular weight is 313 g/mol. The minimum atomic E-state index is -3.92. The summed E-state index contributed by atoms with van der Waals surface area (Å²) in [7, 11) is -2.61. The Bertz CT molecular complexity index is 776. The van der Waals surface area contributed by atoms with E-state index in [2.05, 4.69) is 4.72 Å². The van der Waals surface area contributed by atoms with Crippen molar-refractivity contribution < 1.29 is 21.9 Å². The summed E-state index contributed by atoms with van der Waals surface area (Å²) in [6.45, 7) is 1.48. The monoisotopic (exact) mass is 313 g/mol. The number of ether oxygens (including phenoxy) is 1. The van der Waals surface area contributed by atoms with Crippen LogP contribution in [0.15, 0.2) is 41.3 Å². The van der Waals surface area contributed by atoms with Crippen molar-refractivity contribution in [2.75, 3.05) is 11.8 Å². The lowest BCUT2D eigenvalue weighted by molar-refractivity contribution is 0.386. The topological polar surface area (TPSA) is 55.4 Å². The van der Waals surface area contributed by atoms with E-state index in [1.807, 2.05) is 0 Å². The Morgan fingerprint density at radius 2 is 1.81 bits per heavy atom. The molecule has 0 fully saturated rings. The van der Waals surface area contributed by atoms with Crippen molar-refractivity contribution in [1.29, 1.82) is 0 Å². The highest BCUT2D eigenvalue weighted by Gasteiger charge is 2.18.